The van der Waals surface area contributed by atoms with E-state index in [-0.39, 0.29) is 11.4 Å². The number of halogens is 3. The Kier molecular flexibility index (Phi) is 3.50. The van der Waals surface area contributed by atoms with Crippen molar-refractivity contribution in [2.75, 3.05) is 5.32 Å². The smallest absolute Gasteiger partial charge is 0.214 e. The molecule has 1 atom stereocenters. The fourth-order valence-corrected chi connectivity index (χ4v) is 1.63. The largest absolute Gasteiger partial charge is 0.363 e. The zero-order valence-corrected chi connectivity index (χ0v) is 9.62. The summed E-state index contributed by atoms with van der Waals surface area (Å²) in [5.74, 6) is -1.40. The molecule has 1 heterocycles. The van der Waals surface area contributed by atoms with E-state index in [0.717, 1.165) is 18.2 Å². The number of pyridine rings is 1. The molecule has 94 valence electrons. The van der Waals surface area contributed by atoms with Crippen molar-refractivity contribution in [1.82, 2.24) is 4.98 Å². The number of rotatable bonds is 3. The van der Waals surface area contributed by atoms with E-state index in [4.69, 9.17) is 0 Å². The summed E-state index contributed by atoms with van der Waals surface area (Å²) in [6.07, 6.45) is 0. The van der Waals surface area contributed by atoms with E-state index in [0.29, 0.717) is 0 Å². The molecule has 2 rings (SSSR count). The average Bonchev–Trinajstić information content (AvgIpc) is 2.32. The Bertz CT molecular complexity index is 558. The van der Waals surface area contributed by atoms with Crippen LogP contribution in [0, 0.1) is 17.6 Å². The van der Waals surface area contributed by atoms with Crippen LogP contribution in [0.4, 0.5) is 19.0 Å². The summed E-state index contributed by atoms with van der Waals surface area (Å²) in [6, 6.07) is 6.93. The van der Waals surface area contributed by atoms with Gasteiger partial charge in [0.2, 0.25) is 5.95 Å². The minimum absolute atomic E-state index is 0.168. The molecule has 1 N–H and O–H groups in total. The van der Waals surface area contributed by atoms with Crippen LogP contribution in [-0.2, 0) is 0 Å². The molecule has 5 heteroatoms. The zero-order chi connectivity index (χ0) is 13.1. The van der Waals surface area contributed by atoms with Gasteiger partial charge in [0.1, 0.15) is 17.5 Å². The number of hydrogen-bond donors (Lipinski definition) is 1. The molecule has 0 bridgehead atoms. The summed E-state index contributed by atoms with van der Waals surface area (Å²) in [6.45, 7) is 1.64. The van der Waals surface area contributed by atoms with Crippen LogP contribution >= 0.6 is 0 Å². The molecule has 0 spiro atoms. The maximum Gasteiger partial charge on any atom is 0.214 e. The summed E-state index contributed by atoms with van der Waals surface area (Å²) in [7, 11) is 0. The molecule has 0 saturated heterocycles. The van der Waals surface area contributed by atoms with Crippen LogP contribution in [0.2, 0.25) is 0 Å². The summed E-state index contributed by atoms with van der Waals surface area (Å²) in [5, 5.41) is 2.81. The van der Waals surface area contributed by atoms with E-state index in [1.807, 2.05) is 0 Å². The number of nitrogens with one attached hydrogen (secondary N) is 1. The van der Waals surface area contributed by atoms with Crippen LogP contribution in [-0.4, -0.2) is 4.98 Å². The van der Waals surface area contributed by atoms with Crippen molar-refractivity contribution >= 4 is 5.82 Å². The topological polar surface area (TPSA) is 24.9 Å². The minimum atomic E-state index is -0.632. The van der Waals surface area contributed by atoms with Gasteiger partial charge in [-0.05, 0) is 37.3 Å². The van der Waals surface area contributed by atoms with E-state index in [1.165, 1.54) is 12.1 Å². The molecule has 18 heavy (non-hydrogen) atoms. The van der Waals surface area contributed by atoms with E-state index >= 15 is 0 Å². The van der Waals surface area contributed by atoms with E-state index in [9.17, 15) is 13.2 Å². The Balaban J connectivity index is 2.21. The minimum Gasteiger partial charge on any atom is -0.363 e. The van der Waals surface area contributed by atoms with Gasteiger partial charge in [-0.25, -0.2) is 13.8 Å². The molecule has 2 nitrogen and oxygen atoms in total. The van der Waals surface area contributed by atoms with Gasteiger partial charge in [0.15, 0.2) is 0 Å². The third-order valence-electron chi connectivity index (χ3n) is 2.50. The molecule has 0 radical (unpaired) electrons. The third kappa shape index (κ3) is 2.80. The van der Waals surface area contributed by atoms with Crippen LogP contribution in [0.3, 0.4) is 0 Å². The Labute approximate surface area is 102 Å². The number of benzene rings is 1. The first-order valence-corrected chi connectivity index (χ1v) is 5.40. The Morgan fingerprint density at radius 3 is 2.61 bits per heavy atom. The second-order valence-corrected chi connectivity index (χ2v) is 3.88. The molecule has 0 saturated carbocycles. The summed E-state index contributed by atoms with van der Waals surface area (Å²) in [5.41, 5.74) is 0.168. The second-order valence-electron chi connectivity index (χ2n) is 3.88. The maximum absolute atomic E-state index is 13.5. The second kappa shape index (κ2) is 5.08. The highest BCUT2D eigenvalue weighted by molar-refractivity contribution is 5.38. The van der Waals surface area contributed by atoms with Gasteiger partial charge in [-0.2, -0.15) is 4.39 Å². The van der Waals surface area contributed by atoms with Crippen molar-refractivity contribution in [3.63, 3.8) is 0 Å². The van der Waals surface area contributed by atoms with Crippen molar-refractivity contribution in [3.05, 3.63) is 59.5 Å². The molecule has 1 aromatic heterocycles. The standard InChI is InChI=1S/C13H11F3N2/c1-8(10-7-9(14)5-6-11(10)15)17-13-4-2-3-12(16)18-13/h2-8H,1H3,(H,17,18). The lowest BCUT2D eigenvalue weighted by Crippen LogP contribution is -2.10. The van der Waals surface area contributed by atoms with Gasteiger partial charge in [0, 0.05) is 5.56 Å². The molecule has 0 aliphatic carbocycles. The number of anilines is 1. The predicted molar refractivity (Wildman–Crippen MR) is 62.6 cm³/mol. The first kappa shape index (κ1) is 12.4. The van der Waals surface area contributed by atoms with Gasteiger partial charge in [-0.1, -0.05) is 6.07 Å². The van der Waals surface area contributed by atoms with Gasteiger partial charge in [0.05, 0.1) is 6.04 Å². The monoisotopic (exact) mass is 252 g/mol. The van der Waals surface area contributed by atoms with Crippen molar-refractivity contribution in [2.24, 2.45) is 0 Å². The average molecular weight is 252 g/mol. The van der Waals surface area contributed by atoms with Gasteiger partial charge in [-0.3, -0.25) is 0 Å². The summed E-state index contributed by atoms with van der Waals surface area (Å²) in [4.78, 5) is 3.60. The van der Waals surface area contributed by atoms with Gasteiger partial charge < -0.3 is 5.32 Å². The number of hydrogen-bond acceptors (Lipinski definition) is 2. The molecule has 0 aliphatic heterocycles. The van der Waals surface area contributed by atoms with E-state index in [1.54, 1.807) is 13.0 Å². The van der Waals surface area contributed by atoms with E-state index in [2.05, 4.69) is 10.3 Å². The molecule has 1 unspecified atom stereocenters. The molecule has 0 amide bonds. The summed E-state index contributed by atoms with van der Waals surface area (Å²) >= 11 is 0. The quantitative estimate of drug-likeness (QED) is 0.843. The van der Waals surface area contributed by atoms with Crippen LogP contribution < -0.4 is 5.32 Å². The van der Waals surface area contributed by atoms with E-state index < -0.39 is 23.6 Å². The Morgan fingerprint density at radius 1 is 1.11 bits per heavy atom. The molecular weight excluding hydrogens is 241 g/mol. The third-order valence-corrected chi connectivity index (χ3v) is 2.50. The highest BCUT2D eigenvalue weighted by Gasteiger charge is 2.12. The normalized spacial score (nSPS) is 12.2. The lowest BCUT2D eigenvalue weighted by atomic mass is 10.1. The molecule has 0 fully saturated rings. The Morgan fingerprint density at radius 2 is 1.89 bits per heavy atom. The van der Waals surface area contributed by atoms with Crippen LogP contribution in [0.15, 0.2) is 36.4 Å². The molecular formula is C13H11F3N2. The fourth-order valence-electron chi connectivity index (χ4n) is 1.63. The zero-order valence-electron chi connectivity index (χ0n) is 9.62. The van der Waals surface area contributed by atoms with Gasteiger partial charge in [-0.15, -0.1) is 0 Å². The predicted octanol–water partition coefficient (Wildman–Crippen LogP) is 3.67. The lowest BCUT2D eigenvalue weighted by Gasteiger charge is -2.15. The van der Waals surface area contributed by atoms with Crippen molar-refractivity contribution in [3.8, 4) is 0 Å². The lowest BCUT2D eigenvalue weighted by molar-refractivity contribution is 0.573. The molecule has 0 aliphatic rings. The van der Waals surface area contributed by atoms with Gasteiger partial charge in [0.25, 0.3) is 0 Å². The summed E-state index contributed by atoms with van der Waals surface area (Å²) < 4.78 is 39.4. The fraction of sp³-hybridized carbons (Fsp3) is 0.154. The first-order chi connectivity index (χ1) is 8.56. The van der Waals surface area contributed by atoms with Crippen molar-refractivity contribution < 1.29 is 13.2 Å². The number of aromatic nitrogens is 1. The first-order valence-electron chi connectivity index (χ1n) is 5.40. The van der Waals surface area contributed by atoms with Crippen LogP contribution in [0.1, 0.15) is 18.5 Å². The SMILES string of the molecule is CC(Nc1cccc(F)n1)c1cc(F)ccc1F. The molecule has 2 aromatic rings. The van der Waals surface area contributed by atoms with Crippen molar-refractivity contribution in [1.29, 1.82) is 0 Å². The number of nitrogens with zero attached hydrogens (tertiary/aromatic N) is 1. The van der Waals surface area contributed by atoms with Gasteiger partial charge >= 0.3 is 0 Å². The maximum atomic E-state index is 13.5. The Hall–Kier alpha value is -2.04. The van der Waals surface area contributed by atoms with Crippen molar-refractivity contribution in [2.45, 2.75) is 13.0 Å². The highest BCUT2D eigenvalue weighted by atomic mass is 19.1. The van der Waals surface area contributed by atoms with Crippen LogP contribution in [0.25, 0.3) is 0 Å². The molecule has 1 aromatic carbocycles. The highest BCUT2D eigenvalue weighted by Crippen LogP contribution is 2.21. The van der Waals surface area contributed by atoms with Crippen LogP contribution in [0.5, 0.6) is 0 Å².